The third kappa shape index (κ3) is 4.07. The normalized spacial score (nSPS) is 9.95. The van der Waals surface area contributed by atoms with Gasteiger partial charge in [0.15, 0.2) is 0 Å². The Hall–Kier alpha value is -1.35. The minimum atomic E-state index is -0.376. The van der Waals surface area contributed by atoms with E-state index in [2.05, 4.69) is 32.8 Å². The molecule has 1 heterocycles. The van der Waals surface area contributed by atoms with E-state index < -0.39 is 0 Å². The zero-order valence-electron chi connectivity index (χ0n) is 10.4. The summed E-state index contributed by atoms with van der Waals surface area (Å²) < 4.78 is 14.4. The van der Waals surface area contributed by atoms with Crippen LogP contribution in [-0.4, -0.2) is 16.7 Å². The van der Waals surface area contributed by atoms with Gasteiger partial charge in [0.2, 0.25) is 0 Å². The van der Waals surface area contributed by atoms with Gasteiger partial charge in [-0.3, -0.25) is 0 Å². The highest BCUT2D eigenvalue weighted by atomic mass is 79.9. The summed E-state index contributed by atoms with van der Waals surface area (Å²) in [5.74, 6) is 5.35. The van der Waals surface area contributed by atoms with E-state index in [1.54, 1.807) is 30.1 Å². The van der Waals surface area contributed by atoms with Crippen molar-refractivity contribution in [3.8, 4) is 11.8 Å². The molecule has 0 aliphatic rings. The maximum atomic E-state index is 13.5. The van der Waals surface area contributed by atoms with E-state index in [1.807, 2.05) is 12.1 Å². The topological polar surface area (TPSA) is 33.1 Å². The van der Waals surface area contributed by atoms with Gasteiger partial charge in [-0.05, 0) is 45.8 Å². The van der Waals surface area contributed by atoms with Crippen molar-refractivity contribution in [1.29, 1.82) is 0 Å². The first kappa shape index (κ1) is 15.0. The van der Waals surface area contributed by atoms with E-state index in [0.29, 0.717) is 11.3 Å². The number of nitrogens with zero attached hydrogens (tertiary/aromatic N) is 1. The van der Waals surface area contributed by atoms with Crippen LogP contribution in [0.2, 0.25) is 0 Å². The molecule has 1 aromatic heterocycles. The molecule has 0 radical (unpaired) electrons. The molecule has 5 heteroatoms. The molecule has 1 N–H and O–H groups in total. The Kier molecular flexibility index (Phi) is 5.60. The van der Waals surface area contributed by atoms with Gasteiger partial charge in [-0.2, -0.15) is 0 Å². The van der Waals surface area contributed by atoms with E-state index in [0.717, 1.165) is 15.1 Å². The Morgan fingerprint density at radius 1 is 1.35 bits per heavy atom. The summed E-state index contributed by atoms with van der Waals surface area (Å²) in [4.78, 5) is 4.26. The van der Waals surface area contributed by atoms with E-state index in [9.17, 15) is 4.39 Å². The van der Waals surface area contributed by atoms with Crippen LogP contribution in [0.25, 0.3) is 0 Å². The third-order valence-corrected chi connectivity index (χ3v) is 4.41. The molecule has 2 aromatic rings. The van der Waals surface area contributed by atoms with Crippen LogP contribution >= 0.6 is 27.7 Å². The molecule has 102 valence electrons. The first-order valence-electron chi connectivity index (χ1n) is 5.82. The number of rotatable bonds is 3. The lowest BCUT2D eigenvalue weighted by Crippen LogP contribution is -1.89. The number of halogens is 2. The van der Waals surface area contributed by atoms with Crippen molar-refractivity contribution in [3.63, 3.8) is 0 Å². The van der Waals surface area contributed by atoms with E-state index in [-0.39, 0.29) is 12.4 Å². The van der Waals surface area contributed by atoms with Gasteiger partial charge in [0, 0.05) is 16.4 Å². The number of hydrogen-bond donors (Lipinski definition) is 1. The largest absolute Gasteiger partial charge is 0.384 e. The van der Waals surface area contributed by atoms with Crippen molar-refractivity contribution in [2.24, 2.45) is 0 Å². The molecule has 0 unspecified atom stereocenters. The number of thioether (sulfide) groups is 1. The molecule has 0 fully saturated rings. The second kappa shape index (κ2) is 7.44. The minimum Gasteiger partial charge on any atom is -0.384 e. The highest BCUT2D eigenvalue weighted by molar-refractivity contribution is 9.10. The number of hydrogen-bond acceptors (Lipinski definition) is 3. The summed E-state index contributed by atoms with van der Waals surface area (Å²) in [7, 11) is 0. The van der Waals surface area contributed by atoms with Gasteiger partial charge in [-0.15, -0.1) is 11.8 Å². The molecule has 2 rings (SSSR count). The fourth-order valence-corrected chi connectivity index (χ4v) is 2.94. The summed E-state index contributed by atoms with van der Waals surface area (Å²) in [6, 6.07) is 8.60. The second-order valence-corrected chi connectivity index (χ2v) is 5.67. The summed E-state index contributed by atoms with van der Waals surface area (Å²) >= 11 is 5.00. The average Bonchev–Trinajstić information content (AvgIpc) is 2.46. The Morgan fingerprint density at radius 2 is 2.20 bits per heavy atom. The molecule has 0 aliphatic carbocycles. The van der Waals surface area contributed by atoms with Crippen LogP contribution in [0.5, 0.6) is 0 Å². The van der Waals surface area contributed by atoms with E-state index >= 15 is 0 Å². The van der Waals surface area contributed by atoms with Crippen LogP contribution in [0, 0.1) is 17.7 Å². The molecule has 1 aromatic carbocycles. The van der Waals surface area contributed by atoms with Crippen molar-refractivity contribution in [3.05, 3.63) is 57.9 Å². The zero-order chi connectivity index (χ0) is 14.4. The van der Waals surface area contributed by atoms with Crippen molar-refractivity contribution in [2.45, 2.75) is 10.8 Å². The molecule has 0 saturated carbocycles. The lowest BCUT2D eigenvalue weighted by molar-refractivity contribution is 0.350. The molecule has 0 saturated heterocycles. The Morgan fingerprint density at radius 3 is 2.95 bits per heavy atom. The van der Waals surface area contributed by atoms with Crippen molar-refractivity contribution >= 4 is 27.7 Å². The summed E-state index contributed by atoms with van der Waals surface area (Å²) in [6.45, 7) is -0.278. The molecule has 20 heavy (non-hydrogen) atoms. The molecular weight excluding hydrogens is 341 g/mol. The van der Waals surface area contributed by atoms with Crippen LogP contribution in [0.3, 0.4) is 0 Å². The van der Waals surface area contributed by atoms with Gasteiger partial charge >= 0.3 is 0 Å². The fourth-order valence-electron chi connectivity index (χ4n) is 1.52. The molecule has 0 amide bonds. The Bertz CT molecular complexity index is 666. The van der Waals surface area contributed by atoms with Crippen LogP contribution in [0.15, 0.2) is 46.0 Å². The van der Waals surface area contributed by atoms with Gasteiger partial charge in [0.05, 0.1) is 5.56 Å². The number of aliphatic hydroxyl groups excluding tert-OH is 1. The number of aromatic nitrogens is 1. The lowest BCUT2D eigenvalue weighted by atomic mass is 10.1. The fraction of sp³-hybridized carbons (Fsp3) is 0.133. The summed E-state index contributed by atoms with van der Waals surface area (Å²) in [5.41, 5.74) is 1.26. The summed E-state index contributed by atoms with van der Waals surface area (Å²) in [6.07, 6.45) is 1.73. The highest BCUT2D eigenvalue weighted by Crippen LogP contribution is 2.28. The predicted octanol–water partition coefficient (Wildman–Crippen LogP) is 3.62. The van der Waals surface area contributed by atoms with Gasteiger partial charge < -0.3 is 5.11 Å². The van der Waals surface area contributed by atoms with E-state index in [1.165, 1.54) is 6.07 Å². The van der Waals surface area contributed by atoms with Crippen LogP contribution in [0.1, 0.15) is 11.1 Å². The van der Waals surface area contributed by atoms with Crippen molar-refractivity contribution in [1.82, 2.24) is 4.98 Å². The van der Waals surface area contributed by atoms with Gasteiger partial charge in [-0.1, -0.05) is 17.9 Å². The zero-order valence-corrected chi connectivity index (χ0v) is 12.8. The predicted molar refractivity (Wildman–Crippen MR) is 81.9 cm³/mol. The van der Waals surface area contributed by atoms with Gasteiger partial charge in [-0.25, -0.2) is 9.37 Å². The SMILES string of the molecule is OCC#Cc1cc(CSc2ncccc2Br)ccc1F. The first-order chi connectivity index (χ1) is 9.70. The van der Waals surface area contributed by atoms with Crippen LogP contribution in [-0.2, 0) is 5.75 Å². The first-order valence-corrected chi connectivity index (χ1v) is 7.60. The molecule has 2 nitrogen and oxygen atoms in total. The van der Waals surface area contributed by atoms with Crippen LogP contribution in [0.4, 0.5) is 4.39 Å². The maximum Gasteiger partial charge on any atom is 0.138 e. The molecule has 0 atom stereocenters. The number of benzene rings is 1. The molecular formula is C15H11BrFNOS. The minimum absolute atomic E-state index is 0.278. The average molecular weight is 352 g/mol. The number of pyridine rings is 1. The summed E-state index contributed by atoms with van der Waals surface area (Å²) in [5, 5.41) is 9.55. The molecule has 0 spiro atoms. The Balaban J connectivity index is 2.12. The van der Waals surface area contributed by atoms with Crippen molar-refractivity contribution in [2.75, 3.05) is 6.61 Å². The van der Waals surface area contributed by atoms with Gasteiger partial charge in [0.25, 0.3) is 0 Å². The van der Waals surface area contributed by atoms with Crippen molar-refractivity contribution < 1.29 is 9.50 Å². The maximum absolute atomic E-state index is 13.5. The van der Waals surface area contributed by atoms with Gasteiger partial charge in [0.1, 0.15) is 17.5 Å². The smallest absolute Gasteiger partial charge is 0.138 e. The van der Waals surface area contributed by atoms with E-state index in [4.69, 9.17) is 5.11 Å². The number of aliphatic hydroxyl groups is 1. The van der Waals surface area contributed by atoms with Crippen LogP contribution < -0.4 is 0 Å². The molecule has 0 bridgehead atoms. The third-order valence-electron chi connectivity index (χ3n) is 2.43. The quantitative estimate of drug-likeness (QED) is 0.677. The highest BCUT2D eigenvalue weighted by Gasteiger charge is 2.05. The lowest BCUT2D eigenvalue weighted by Gasteiger charge is -2.04. The monoisotopic (exact) mass is 351 g/mol. The standard InChI is InChI=1S/C15H11BrFNOS/c16-13-4-1-7-18-15(13)20-10-11-5-6-14(17)12(9-11)3-2-8-19/h1,4-7,9,19H,8,10H2. The second-order valence-electron chi connectivity index (χ2n) is 3.85. The Labute approximate surface area is 129 Å². The molecule has 0 aliphatic heterocycles.